The molecule has 3 amide bonds. The molecule has 2 aromatic carbocycles. The number of hydrogen-bond acceptors (Lipinski definition) is 6. The van der Waals surface area contributed by atoms with Crippen molar-refractivity contribution in [2.45, 2.75) is 24.3 Å². The highest BCUT2D eigenvalue weighted by molar-refractivity contribution is 7.89. The van der Waals surface area contributed by atoms with E-state index in [4.69, 9.17) is 11.6 Å². The topological polar surface area (TPSA) is 153 Å². The minimum Gasteiger partial charge on any atom is -0.347 e. The number of benzene rings is 2. The molecule has 1 saturated heterocycles. The summed E-state index contributed by atoms with van der Waals surface area (Å²) in [6, 6.07) is 10.4. The third kappa shape index (κ3) is 5.77. The molecule has 0 bridgehead atoms. The van der Waals surface area contributed by atoms with Crippen molar-refractivity contribution in [1.29, 1.82) is 0 Å². The van der Waals surface area contributed by atoms with Crippen molar-refractivity contribution in [1.82, 2.24) is 19.8 Å². The second-order valence-corrected chi connectivity index (χ2v) is 10.9. The molecule has 0 unspecified atom stereocenters. The first kappa shape index (κ1) is 27.0. The number of hydrogen-bond donors (Lipinski definition) is 4. The zero-order valence-electron chi connectivity index (χ0n) is 20.3. The van der Waals surface area contributed by atoms with Crippen LogP contribution in [0.4, 0.5) is 11.4 Å². The van der Waals surface area contributed by atoms with Gasteiger partial charge < -0.3 is 16.0 Å². The van der Waals surface area contributed by atoms with E-state index in [0.29, 0.717) is 17.7 Å². The molecule has 3 aromatic rings. The van der Waals surface area contributed by atoms with Crippen LogP contribution in [-0.2, 0) is 14.8 Å². The maximum Gasteiger partial charge on any atom is 0.271 e. The number of amides is 3. The molecular weight excluding hydrogens is 532 g/mol. The maximum absolute atomic E-state index is 13.1. The van der Waals surface area contributed by atoms with E-state index in [-0.39, 0.29) is 40.0 Å². The second-order valence-electron chi connectivity index (χ2n) is 8.58. The minimum atomic E-state index is -3.82. The Hall–Kier alpha value is -4.00. The lowest BCUT2D eigenvalue weighted by Gasteiger charge is -2.17. The number of halogens is 1. The van der Waals surface area contributed by atoms with Gasteiger partial charge in [-0.1, -0.05) is 30.3 Å². The van der Waals surface area contributed by atoms with Crippen LogP contribution in [0.15, 0.2) is 66.2 Å². The molecule has 1 aliphatic heterocycles. The standard InChI is InChI=1S/C25H25ClN6O5S/c1-3-21(33)28-16-7-9-18(10-8-16)38(36,37)32-12-11-17(14-32)29-25(35)23-20(13-27-31-23)30-24(34)22-15(2)5-4-6-19(22)26/h3-10,13,17H,1,11-12,14H2,2H3,(H,27,31)(H,28,33)(H,29,35)(H,30,34)/t17-/m1/s1. The minimum absolute atomic E-state index is 0.0292. The van der Waals surface area contributed by atoms with E-state index in [9.17, 15) is 22.8 Å². The summed E-state index contributed by atoms with van der Waals surface area (Å²) in [6.45, 7) is 5.40. The zero-order chi connectivity index (χ0) is 27.4. The fourth-order valence-corrected chi connectivity index (χ4v) is 5.84. The van der Waals surface area contributed by atoms with E-state index < -0.39 is 33.8 Å². The van der Waals surface area contributed by atoms with Crippen molar-refractivity contribution < 1.29 is 22.8 Å². The summed E-state index contributed by atoms with van der Waals surface area (Å²) in [6.07, 6.45) is 2.82. The molecule has 0 radical (unpaired) electrons. The number of carbonyl (C=O) groups is 3. The lowest BCUT2D eigenvalue weighted by molar-refractivity contribution is -0.111. The third-order valence-corrected chi connectivity index (χ3v) is 8.19. The van der Waals surface area contributed by atoms with Gasteiger partial charge in [0, 0.05) is 24.8 Å². The number of aromatic nitrogens is 2. The summed E-state index contributed by atoms with van der Waals surface area (Å²) in [5.74, 6) is -1.44. The SMILES string of the molecule is C=CC(=O)Nc1ccc(S(=O)(=O)N2CC[C@@H](NC(=O)c3[nH]ncc3NC(=O)c3c(C)cccc3Cl)C2)cc1. The molecule has 1 aliphatic rings. The number of sulfonamides is 1. The number of aryl methyl sites for hydroxylation is 1. The lowest BCUT2D eigenvalue weighted by Crippen LogP contribution is -2.39. The Bertz CT molecular complexity index is 1480. The zero-order valence-corrected chi connectivity index (χ0v) is 21.9. The highest BCUT2D eigenvalue weighted by Crippen LogP contribution is 2.24. The highest BCUT2D eigenvalue weighted by Gasteiger charge is 2.34. The fourth-order valence-electron chi connectivity index (χ4n) is 4.03. The van der Waals surface area contributed by atoms with Gasteiger partial charge in [-0.05, 0) is 55.3 Å². The van der Waals surface area contributed by atoms with Crippen molar-refractivity contribution in [3.63, 3.8) is 0 Å². The average molecular weight is 557 g/mol. The van der Waals surface area contributed by atoms with E-state index in [2.05, 4.69) is 32.7 Å². The Labute approximate surface area is 224 Å². The van der Waals surface area contributed by atoms with Crippen LogP contribution in [0.3, 0.4) is 0 Å². The summed E-state index contributed by atoms with van der Waals surface area (Å²) >= 11 is 6.17. The molecule has 11 nitrogen and oxygen atoms in total. The molecule has 4 rings (SSSR count). The molecule has 1 atom stereocenters. The van der Waals surface area contributed by atoms with E-state index in [1.165, 1.54) is 34.8 Å². The normalized spacial score (nSPS) is 15.6. The summed E-state index contributed by atoms with van der Waals surface area (Å²) < 4.78 is 27.5. The highest BCUT2D eigenvalue weighted by atomic mass is 35.5. The summed E-state index contributed by atoms with van der Waals surface area (Å²) in [4.78, 5) is 37.2. The number of nitrogens with zero attached hydrogens (tertiary/aromatic N) is 2. The number of carbonyl (C=O) groups excluding carboxylic acids is 3. The van der Waals surface area contributed by atoms with Gasteiger partial charge in [0.2, 0.25) is 15.9 Å². The van der Waals surface area contributed by atoms with Crippen molar-refractivity contribution >= 4 is 50.7 Å². The van der Waals surface area contributed by atoms with Gasteiger partial charge in [-0.3, -0.25) is 19.5 Å². The molecule has 1 fully saturated rings. The predicted molar refractivity (Wildman–Crippen MR) is 143 cm³/mol. The van der Waals surface area contributed by atoms with Crippen LogP contribution >= 0.6 is 11.6 Å². The van der Waals surface area contributed by atoms with E-state index in [1.807, 2.05) is 0 Å². The Kier molecular flexibility index (Phi) is 7.95. The van der Waals surface area contributed by atoms with Crippen LogP contribution in [0.2, 0.25) is 5.02 Å². The molecule has 198 valence electrons. The van der Waals surface area contributed by atoms with Crippen molar-refractivity contribution in [3.05, 3.63) is 83.2 Å². The quantitative estimate of drug-likeness (QED) is 0.313. The lowest BCUT2D eigenvalue weighted by atomic mass is 10.1. The van der Waals surface area contributed by atoms with Crippen molar-refractivity contribution in [3.8, 4) is 0 Å². The Morgan fingerprint density at radius 3 is 2.55 bits per heavy atom. The number of H-pyrrole nitrogens is 1. The van der Waals surface area contributed by atoms with Crippen molar-refractivity contribution in [2.75, 3.05) is 23.7 Å². The fraction of sp³-hybridized carbons (Fsp3) is 0.200. The predicted octanol–water partition coefficient (Wildman–Crippen LogP) is 2.94. The largest absolute Gasteiger partial charge is 0.347 e. The van der Waals surface area contributed by atoms with Gasteiger partial charge >= 0.3 is 0 Å². The van der Waals surface area contributed by atoms with Crippen LogP contribution in [0.1, 0.15) is 32.8 Å². The molecule has 0 spiro atoms. The van der Waals surface area contributed by atoms with Gasteiger partial charge in [0.15, 0.2) is 0 Å². The van der Waals surface area contributed by atoms with E-state index >= 15 is 0 Å². The molecule has 2 heterocycles. The molecule has 0 aliphatic carbocycles. The smallest absolute Gasteiger partial charge is 0.271 e. The van der Waals surface area contributed by atoms with Crippen LogP contribution in [0, 0.1) is 6.92 Å². The average Bonchev–Trinajstić information content (AvgIpc) is 3.54. The molecule has 13 heteroatoms. The number of nitrogens with one attached hydrogen (secondary N) is 4. The summed E-state index contributed by atoms with van der Waals surface area (Å²) in [5.41, 5.74) is 1.59. The number of aromatic amines is 1. The van der Waals surface area contributed by atoms with Crippen LogP contribution in [0.25, 0.3) is 0 Å². The van der Waals surface area contributed by atoms with Gasteiger partial charge in [-0.15, -0.1) is 0 Å². The Morgan fingerprint density at radius 1 is 1.13 bits per heavy atom. The first-order valence-corrected chi connectivity index (χ1v) is 13.4. The maximum atomic E-state index is 13.1. The third-order valence-electron chi connectivity index (χ3n) is 5.99. The van der Waals surface area contributed by atoms with Gasteiger partial charge in [0.25, 0.3) is 11.8 Å². The van der Waals surface area contributed by atoms with Gasteiger partial charge in [0.1, 0.15) is 5.69 Å². The van der Waals surface area contributed by atoms with E-state index in [0.717, 1.165) is 6.08 Å². The molecule has 4 N–H and O–H groups in total. The number of anilines is 2. The summed E-state index contributed by atoms with van der Waals surface area (Å²) in [7, 11) is -3.82. The van der Waals surface area contributed by atoms with Crippen LogP contribution in [0.5, 0.6) is 0 Å². The van der Waals surface area contributed by atoms with Gasteiger partial charge in [-0.25, -0.2) is 8.42 Å². The first-order valence-electron chi connectivity index (χ1n) is 11.5. The number of rotatable bonds is 8. The van der Waals surface area contributed by atoms with E-state index in [1.54, 1.807) is 25.1 Å². The molecule has 0 saturated carbocycles. The molecular formula is C25H25ClN6O5S. The van der Waals surface area contributed by atoms with Crippen molar-refractivity contribution in [2.24, 2.45) is 0 Å². The second kappa shape index (κ2) is 11.2. The first-order chi connectivity index (χ1) is 18.1. The molecule has 38 heavy (non-hydrogen) atoms. The van der Waals surface area contributed by atoms with Crippen LogP contribution < -0.4 is 16.0 Å². The monoisotopic (exact) mass is 556 g/mol. The van der Waals surface area contributed by atoms with Gasteiger partial charge in [-0.2, -0.15) is 9.40 Å². The molecule has 1 aromatic heterocycles. The summed E-state index contributed by atoms with van der Waals surface area (Å²) in [5, 5.41) is 14.7. The van der Waals surface area contributed by atoms with Gasteiger partial charge in [0.05, 0.1) is 27.4 Å². The Morgan fingerprint density at radius 2 is 1.87 bits per heavy atom. The van der Waals surface area contributed by atoms with Crippen LogP contribution in [-0.4, -0.2) is 59.8 Å². The Balaban J connectivity index is 1.39.